The van der Waals surface area contributed by atoms with E-state index in [1.165, 1.54) is 24.3 Å². The van der Waals surface area contributed by atoms with E-state index in [0.29, 0.717) is 23.0 Å². The van der Waals surface area contributed by atoms with E-state index < -0.39 is 23.2 Å². The summed E-state index contributed by atoms with van der Waals surface area (Å²) < 4.78 is 33.5. The average Bonchev–Trinajstić information content (AvgIpc) is 2.66. The van der Waals surface area contributed by atoms with Crippen molar-refractivity contribution in [3.8, 4) is 5.75 Å². The first-order valence-electron chi connectivity index (χ1n) is 8.51. The number of carbonyl (C=O) groups is 1. The smallest absolute Gasteiger partial charge is 0.303 e. The van der Waals surface area contributed by atoms with E-state index >= 15 is 0 Å². The predicted octanol–water partition coefficient (Wildman–Crippen LogP) is 4.73. The summed E-state index contributed by atoms with van der Waals surface area (Å²) in [5, 5.41) is 19.5. The molecule has 2 rings (SSSR count). The molecule has 0 saturated heterocycles. The van der Waals surface area contributed by atoms with Crippen molar-refractivity contribution in [1.82, 2.24) is 0 Å². The molecule has 0 saturated carbocycles. The van der Waals surface area contributed by atoms with Crippen LogP contribution in [0.1, 0.15) is 24.0 Å². The van der Waals surface area contributed by atoms with Gasteiger partial charge in [0.15, 0.2) is 0 Å². The fourth-order valence-corrected chi connectivity index (χ4v) is 2.43. The van der Waals surface area contributed by atoms with Crippen LogP contribution in [0.3, 0.4) is 0 Å². The van der Waals surface area contributed by atoms with Crippen molar-refractivity contribution >= 4 is 17.7 Å². The largest absolute Gasteiger partial charge is 0.493 e. The molecule has 0 heterocycles. The highest BCUT2D eigenvalue weighted by molar-refractivity contribution is 5.67. The fraction of sp³-hybridized carbons (Fsp3) is 0.250. The molecule has 0 aliphatic heterocycles. The minimum Gasteiger partial charge on any atom is -0.493 e. The molecule has 0 radical (unpaired) electrons. The van der Waals surface area contributed by atoms with E-state index in [2.05, 4.69) is 0 Å². The number of alkyl halides is 2. The highest BCUT2D eigenvalue weighted by Crippen LogP contribution is 2.25. The quantitative estimate of drug-likeness (QED) is 0.467. The molecule has 8 heteroatoms. The maximum atomic E-state index is 14.0. The molecule has 6 nitrogen and oxygen atoms in total. The molecule has 0 aliphatic carbocycles. The van der Waals surface area contributed by atoms with Crippen LogP contribution in [-0.4, -0.2) is 28.5 Å². The van der Waals surface area contributed by atoms with Gasteiger partial charge in [0.2, 0.25) is 0 Å². The van der Waals surface area contributed by atoms with Crippen LogP contribution in [0.2, 0.25) is 0 Å². The number of carboxylic acids is 1. The fourth-order valence-electron chi connectivity index (χ4n) is 2.43. The molecule has 0 bridgehead atoms. The molecule has 1 N–H and O–H groups in total. The summed E-state index contributed by atoms with van der Waals surface area (Å²) in [5.41, 5.74) is 0.765. The number of hydrogen-bond donors (Lipinski definition) is 1. The van der Waals surface area contributed by atoms with Gasteiger partial charge in [-0.2, -0.15) is 0 Å². The Balaban J connectivity index is 1.94. The third-order valence-corrected chi connectivity index (χ3v) is 3.87. The van der Waals surface area contributed by atoms with Gasteiger partial charge in [0.1, 0.15) is 5.75 Å². The number of non-ortho nitro benzene ring substituents is 1. The van der Waals surface area contributed by atoms with Crippen molar-refractivity contribution in [2.24, 2.45) is 0 Å². The zero-order valence-electron chi connectivity index (χ0n) is 14.9. The Morgan fingerprint density at radius 2 is 1.96 bits per heavy atom. The number of allylic oxidation sites excluding steroid dienone is 1. The summed E-state index contributed by atoms with van der Waals surface area (Å²) in [4.78, 5) is 20.8. The van der Waals surface area contributed by atoms with Gasteiger partial charge in [-0.15, -0.1) is 0 Å². The molecule has 148 valence electrons. The summed E-state index contributed by atoms with van der Waals surface area (Å²) in [5.74, 6) is -3.74. The second-order valence-corrected chi connectivity index (χ2v) is 6.05. The molecule has 0 amide bonds. The van der Waals surface area contributed by atoms with E-state index in [-0.39, 0.29) is 25.1 Å². The summed E-state index contributed by atoms with van der Waals surface area (Å²) in [6.07, 6.45) is 1.39. The Bertz CT molecular complexity index is 867. The number of ether oxygens (including phenoxy) is 1. The molecule has 0 fully saturated rings. The maximum Gasteiger partial charge on any atom is 0.303 e. The second-order valence-electron chi connectivity index (χ2n) is 6.05. The number of hydrogen-bond acceptors (Lipinski definition) is 4. The third kappa shape index (κ3) is 6.79. The first-order valence-corrected chi connectivity index (χ1v) is 8.51. The molecule has 0 aliphatic rings. The van der Waals surface area contributed by atoms with Crippen molar-refractivity contribution in [1.29, 1.82) is 0 Å². The third-order valence-electron chi connectivity index (χ3n) is 3.87. The van der Waals surface area contributed by atoms with Gasteiger partial charge < -0.3 is 9.84 Å². The Labute approximate surface area is 160 Å². The lowest BCUT2D eigenvalue weighted by molar-refractivity contribution is -0.384. The lowest BCUT2D eigenvalue weighted by Gasteiger charge is -2.14. The van der Waals surface area contributed by atoms with E-state index in [4.69, 9.17) is 9.84 Å². The van der Waals surface area contributed by atoms with Gasteiger partial charge in [0.05, 0.1) is 11.5 Å². The summed E-state index contributed by atoms with van der Waals surface area (Å²) >= 11 is 0. The van der Waals surface area contributed by atoms with Crippen LogP contribution in [0.25, 0.3) is 6.08 Å². The average molecular weight is 391 g/mol. The Kier molecular flexibility index (Phi) is 7.20. The SMILES string of the molecule is O=C(O)CCc1ccccc1OCCC(F)(F)/C=C/c1cccc([N+](=O)[O-])c1. The molecule has 0 spiro atoms. The van der Waals surface area contributed by atoms with E-state index in [0.717, 1.165) is 6.08 Å². The Morgan fingerprint density at radius 3 is 2.68 bits per heavy atom. The number of carboxylic acid groups (broad SMARTS) is 1. The molecule has 2 aromatic rings. The number of aliphatic carboxylic acids is 1. The second kappa shape index (κ2) is 9.59. The molecular formula is C20H19F2NO5. The van der Waals surface area contributed by atoms with Crippen molar-refractivity contribution in [3.63, 3.8) is 0 Å². The Morgan fingerprint density at radius 1 is 1.21 bits per heavy atom. The standard InChI is InChI=1S/C20H19F2NO5/c21-20(22,11-10-15-4-3-6-17(14-15)23(26)27)12-13-28-18-7-2-1-5-16(18)8-9-19(24)25/h1-7,10-11,14H,8-9,12-13H2,(H,24,25)/b11-10+. The van der Waals surface area contributed by atoms with Crippen molar-refractivity contribution in [2.75, 3.05) is 6.61 Å². The van der Waals surface area contributed by atoms with E-state index in [9.17, 15) is 23.7 Å². The monoisotopic (exact) mass is 391 g/mol. The lowest BCUT2D eigenvalue weighted by Crippen LogP contribution is -2.17. The summed E-state index contributed by atoms with van der Waals surface area (Å²) in [6, 6.07) is 12.1. The van der Waals surface area contributed by atoms with Gasteiger partial charge in [0.25, 0.3) is 11.6 Å². The Hall–Kier alpha value is -3.29. The van der Waals surface area contributed by atoms with Crippen molar-refractivity contribution < 1.29 is 28.3 Å². The van der Waals surface area contributed by atoms with Crippen LogP contribution in [0.15, 0.2) is 54.6 Å². The zero-order valence-corrected chi connectivity index (χ0v) is 14.9. The van der Waals surface area contributed by atoms with Gasteiger partial charge in [0, 0.05) is 25.0 Å². The topological polar surface area (TPSA) is 89.7 Å². The van der Waals surface area contributed by atoms with Crippen LogP contribution in [0, 0.1) is 10.1 Å². The summed E-state index contributed by atoms with van der Waals surface area (Å²) in [6.45, 7) is -0.267. The first-order chi connectivity index (χ1) is 13.3. The normalized spacial score (nSPS) is 11.5. The highest BCUT2D eigenvalue weighted by Gasteiger charge is 2.25. The molecule has 0 unspecified atom stereocenters. The molecule has 28 heavy (non-hydrogen) atoms. The summed E-state index contributed by atoms with van der Waals surface area (Å²) in [7, 11) is 0. The first kappa shape index (κ1) is 21.0. The highest BCUT2D eigenvalue weighted by atomic mass is 19.3. The van der Waals surface area contributed by atoms with Gasteiger partial charge in [-0.05, 0) is 29.7 Å². The number of benzene rings is 2. The molecular weight excluding hydrogens is 372 g/mol. The zero-order chi connectivity index (χ0) is 20.6. The van der Waals surface area contributed by atoms with Crippen LogP contribution in [0.4, 0.5) is 14.5 Å². The van der Waals surface area contributed by atoms with Gasteiger partial charge in [-0.3, -0.25) is 14.9 Å². The molecule has 2 aromatic carbocycles. The van der Waals surface area contributed by atoms with Gasteiger partial charge in [-0.1, -0.05) is 36.4 Å². The van der Waals surface area contributed by atoms with Crippen LogP contribution < -0.4 is 4.74 Å². The number of aryl methyl sites for hydroxylation is 1. The van der Waals surface area contributed by atoms with Crippen molar-refractivity contribution in [2.45, 2.75) is 25.2 Å². The van der Waals surface area contributed by atoms with Crippen molar-refractivity contribution in [3.05, 3.63) is 75.8 Å². The van der Waals surface area contributed by atoms with E-state index in [1.807, 2.05) is 0 Å². The van der Waals surface area contributed by atoms with Crippen LogP contribution >= 0.6 is 0 Å². The van der Waals surface area contributed by atoms with Gasteiger partial charge in [-0.25, -0.2) is 8.78 Å². The number of nitro groups is 1. The maximum absolute atomic E-state index is 14.0. The number of halogens is 2. The number of rotatable bonds is 10. The number of para-hydroxylation sites is 1. The number of nitrogens with zero attached hydrogens (tertiary/aromatic N) is 1. The lowest BCUT2D eigenvalue weighted by atomic mass is 10.1. The van der Waals surface area contributed by atoms with Gasteiger partial charge >= 0.3 is 5.97 Å². The predicted molar refractivity (Wildman–Crippen MR) is 99.6 cm³/mol. The molecule has 0 atom stereocenters. The van der Waals surface area contributed by atoms with Crippen LogP contribution in [0.5, 0.6) is 5.75 Å². The van der Waals surface area contributed by atoms with E-state index in [1.54, 1.807) is 24.3 Å². The molecule has 0 aromatic heterocycles. The minimum absolute atomic E-state index is 0.0809. The van der Waals surface area contributed by atoms with Crippen LogP contribution in [-0.2, 0) is 11.2 Å². The number of nitro benzene ring substituents is 1. The minimum atomic E-state index is -3.17.